The standard InChI is InChI=1S/C15H11Cl3F3N3O4S/c16-10-2-1-9(15(19,20)21)5-8(10)7-29(27,28)24(6-11(17)18)13-12(14(25)26)22-3-4-23-13/h1-5,11H,6-7H2,(H,25,26). The van der Waals surface area contributed by atoms with Gasteiger partial charge in [0.05, 0.1) is 17.9 Å². The molecule has 0 unspecified atom stereocenters. The van der Waals surface area contributed by atoms with Crippen LogP contribution < -0.4 is 4.31 Å². The third kappa shape index (κ3) is 5.84. The number of rotatable bonds is 7. The van der Waals surface area contributed by atoms with Gasteiger partial charge in [-0.05, 0) is 23.8 Å². The van der Waals surface area contributed by atoms with E-state index in [1.54, 1.807) is 0 Å². The molecule has 0 bridgehead atoms. The summed E-state index contributed by atoms with van der Waals surface area (Å²) in [5, 5.41) is 9.01. The van der Waals surface area contributed by atoms with Crippen molar-refractivity contribution in [2.45, 2.75) is 16.8 Å². The van der Waals surface area contributed by atoms with Gasteiger partial charge in [0.2, 0.25) is 10.0 Å². The van der Waals surface area contributed by atoms with Gasteiger partial charge in [-0.25, -0.2) is 27.5 Å². The van der Waals surface area contributed by atoms with Crippen LogP contribution in [0.25, 0.3) is 0 Å². The van der Waals surface area contributed by atoms with E-state index >= 15 is 0 Å². The van der Waals surface area contributed by atoms with E-state index in [1.807, 2.05) is 0 Å². The van der Waals surface area contributed by atoms with Crippen molar-refractivity contribution in [3.63, 3.8) is 0 Å². The molecule has 0 atom stereocenters. The molecule has 0 aliphatic rings. The first-order valence-corrected chi connectivity index (χ1v) is 10.4. The summed E-state index contributed by atoms with van der Waals surface area (Å²) in [5.74, 6) is -3.16. The van der Waals surface area contributed by atoms with E-state index in [1.165, 1.54) is 0 Å². The van der Waals surface area contributed by atoms with Crippen molar-refractivity contribution in [3.05, 3.63) is 52.4 Å². The van der Waals surface area contributed by atoms with Crippen LogP contribution in [0.1, 0.15) is 21.6 Å². The summed E-state index contributed by atoms with van der Waals surface area (Å²) in [6, 6.07) is 2.21. The normalized spacial score (nSPS) is 12.2. The maximum Gasteiger partial charge on any atom is 0.416 e. The summed E-state index contributed by atoms with van der Waals surface area (Å²) in [5.41, 5.74) is -2.16. The van der Waals surface area contributed by atoms with E-state index in [9.17, 15) is 31.5 Å². The number of halogens is 6. The highest BCUT2D eigenvalue weighted by molar-refractivity contribution is 7.92. The van der Waals surface area contributed by atoms with Crippen LogP contribution in [-0.2, 0) is 22.0 Å². The van der Waals surface area contributed by atoms with E-state index < -0.39 is 56.4 Å². The minimum atomic E-state index is -4.72. The molecule has 1 aromatic heterocycles. The zero-order chi connectivity index (χ0) is 22.0. The topological polar surface area (TPSA) is 100 Å². The Labute approximate surface area is 178 Å². The highest BCUT2D eigenvalue weighted by Gasteiger charge is 2.34. The van der Waals surface area contributed by atoms with Crippen molar-refractivity contribution in [3.8, 4) is 0 Å². The monoisotopic (exact) mass is 491 g/mol. The number of carbonyl (C=O) groups is 1. The number of alkyl halides is 5. The third-order valence-electron chi connectivity index (χ3n) is 3.47. The second-order valence-corrected chi connectivity index (χ2v) is 9.09. The van der Waals surface area contributed by atoms with Gasteiger partial charge >= 0.3 is 12.1 Å². The predicted molar refractivity (Wildman–Crippen MR) is 101 cm³/mol. The van der Waals surface area contributed by atoms with E-state index in [0.29, 0.717) is 16.4 Å². The zero-order valence-electron chi connectivity index (χ0n) is 14.1. The maximum atomic E-state index is 12.9. The Kier molecular flexibility index (Phi) is 7.20. The Morgan fingerprint density at radius 1 is 1.21 bits per heavy atom. The van der Waals surface area contributed by atoms with Gasteiger partial charge in [-0.2, -0.15) is 13.2 Å². The van der Waals surface area contributed by atoms with Crippen LogP contribution >= 0.6 is 34.8 Å². The lowest BCUT2D eigenvalue weighted by Gasteiger charge is -2.25. The number of hydrogen-bond donors (Lipinski definition) is 1. The molecule has 0 spiro atoms. The number of anilines is 1. The quantitative estimate of drug-likeness (QED) is 0.587. The number of benzene rings is 1. The fourth-order valence-corrected chi connectivity index (χ4v) is 4.52. The molecule has 29 heavy (non-hydrogen) atoms. The molecule has 14 heteroatoms. The van der Waals surface area contributed by atoms with Gasteiger partial charge in [-0.3, -0.25) is 0 Å². The molecular weight excluding hydrogens is 482 g/mol. The summed E-state index contributed by atoms with van der Waals surface area (Å²) >= 11 is 17.2. The van der Waals surface area contributed by atoms with Crippen LogP contribution in [0.4, 0.5) is 19.0 Å². The van der Waals surface area contributed by atoms with Gasteiger partial charge in [0, 0.05) is 17.4 Å². The lowest BCUT2D eigenvalue weighted by molar-refractivity contribution is -0.137. The molecule has 158 valence electrons. The van der Waals surface area contributed by atoms with Gasteiger partial charge in [-0.15, -0.1) is 23.2 Å². The molecule has 0 amide bonds. The largest absolute Gasteiger partial charge is 0.476 e. The van der Waals surface area contributed by atoms with Gasteiger partial charge < -0.3 is 5.11 Å². The van der Waals surface area contributed by atoms with E-state index in [0.717, 1.165) is 18.5 Å². The van der Waals surface area contributed by atoms with Crippen molar-refractivity contribution >= 4 is 56.6 Å². The average Bonchev–Trinajstić information content (AvgIpc) is 2.60. The van der Waals surface area contributed by atoms with Crippen molar-refractivity contribution in [1.29, 1.82) is 0 Å². The number of aromatic nitrogens is 2. The molecular formula is C15H11Cl3F3N3O4S. The highest BCUT2D eigenvalue weighted by atomic mass is 35.5. The fraction of sp³-hybridized carbons (Fsp3) is 0.267. The van der Waals surface area contributed by atoms with Gasteiger partial charge in [0.1, 0.15) is 4.84 Å². The van der Waals surface area contributed by atoms with Gasteiger partial charge in [0.15, 0.2) is 11.5 Å². The molecule has 0 aliphatic carbocycles. The first-order valence-electron chi connectivity index (χ1n) is 7.51. The van der Waals surface area contributed by atoms with Gasteiger partial charge in [0.25, 0.3) is 0 Å². The minimum absolute atomic E-state index is 0.229. The Bertz CT molecular complexity index is 1020. The smallest absolute Gasteiger partial charge is 0.416 e. The Morgan fingerprint density at radius 3 is 2.38 bits per heavy atom. The van der Waals surface area contributed by atoms with E-state index in [-0.39, 0.29) is 10.6 Å². The highest BCUT2D eigenvalue weighted by Crippen LogP contribution is 2.33. The van der Waals surface area contributed by atoms with Crippen LogP contribution in [0.5, 0.6) is 0 Å². The fourth-order valence-electron chi connectivity index (χ4n) is 2.26. The maximum absolute atomic E-state index is 12.9. The Hall–Kier alpha value is -1.82. The van der Waals surface area contributed by atoms with E-state index in [4.69, 9.17) is 34.8 Å². The number of sulfonamides is 1. The molecule has 0 saturated carbocycles. The Morgan fingerprint density at radius 2 is 1.83 bits per heavy atom. The van der Waals surface area contributed by atoms with Crippen molar-refractivity contribution in [2.24, 2.45) is 0 Å². The molecule has 0 aliphatic heterocycles. The predicted octanol–water partition coefficient (Wildman–Crippen LogP) is 3.99. The summed E-state index contributed by atoms with van der Waals surface area (Å²) in [6.45, 7) is -0.624. The van der Waals surface area contributed by atoms with Crippen LogP contribution in [0.2, 0.25) is 5.02 Å². The van der Waals surface area contributed by atoms with E-state index in [2.05, 4.69) is 9.97 Å². The number of hydrogen-bond acceptors (Lipinski definition) is 5. The molecule has 2 rings (SSSR count). The molecule has 0 radical (unpaired) electrons. The Balaban J connectivity index is 2.54. The van der Waals surface area contributed by atoms with Crippen molar-refractivity contribution in [1.82, 2.24) is 9.97 Å². The SMILES string of the molecule is O=C(O)c1nccnc1N(CC(Cl)Cl)S(=O)(=O)Cc1cc(C(F)(F)F)ccc1Cl. The summed E-state index contributed by atoms with van der Waals surface area (Å²) in [7, 11) is -4.52. The molecule has 1 N–H and O–H groups in total. The van der Waals surface area contributed by atoms with Crippen LogP contribution in [0, 0.1) is 0 Å². The molecule has 7 nitrogen and oxygen atoms in total. The first kappa shape index (κ1) is 23.5. The first-order chi connectivity index (χ1) is 13.3. The van der Waals surface area contributed by atoms with Crippen LogP contribution in [0.3, 0.4) is 0 Å². The second kappa shape index (κ2) is 8.90. The number of carboxylic acid groups (broad SMARTS) is 1. The lowest BCUT2D eigenvalue weighted by Crippen LogP contribution is -2.37. The molecule has 0 fully saturated rings. The number of aromatic carboxylic acids is 1. The summed E-state index contributed by atoms with van der Waals surface area (Å²) < 4.78 is 65.2. The molecule has 2 aromatic rings. The third-order valence-corrected chi connectivity index (χ3v) is 5.78. The average molecular weight is 493 g/mol. The number of nitrogens with zero attached hydrogens (tertiary/aromatic N) is 3. The molecule has 0 saturated heterocycles. The molecule has 1 heterocycles. The van der Waals surface area contributed by atoms with Crippen molar-refractivity contribution in [2.75, 3.05) is 10.8 Å². The summed E-state index contributed by atoms with van der Waals surface area (Å²) in [4.78, 5) is 17.3. The lowest BCUT2D eigenvalue weighted by atomic mass is 10.1. The van der Waals surface area contributed by atoms with Crippen LogP contribution in [0.15, 0.2) is 30.6 Å². The van der Waals surface area contributed by atoms with Crippen molar-refractivity contribution < 1.29 is 31.5 Å². The second-order valence-electron chi connectivity index (χ2n) is 5.52. The summed E-state index contributed by atoms with van der Waals surface area (Å²) in [6.07, 6.45) is -2.65. The minimum Gasteiger partial charge on any atom is -0.476 e. The number of carboxylic acids is 1. The molecule has 1 aromatic carbocycles. The van der Waals surface area contributed by atoms with Crippen LogP contribution in [-0.4, -0.2) is 40.8 Å². The van der Waals surface area contributed by atoms with Gasteiger partial charge in [-0.1, -0.05) is 11.6 Å². The zero-order valence-corrected chi connectivity index (χ0v) is 17.2.